The third kappa shape index (κ3) is 2.49. The molecule has 0 fully saturated rings. The Morgan fingerprint density at radius 1 is 0.900 bits per heavy atom. The van der Waals surface area contributed by atoms with Crippen LogP contribution in [0.3, 0.4) is 0 Å². The fourth-order valence-corrected chi connectivity index (χ4v) is 1.99. The van der Waals surface area contributed by atoms with Crippen molar-refractivity contribution in [2.75, 3.05) is 0 Å². The smallest absolute Gasteiger partial charge is 0.251 e. The summed E-state index contributed by atoms with van der Waals surface area (Å²) in [7, 11) is 0. The van der Waals surface area contributed by atoms with Gasteiger partial charge < -0.3 is 4.98 Å². The Kier molecular flexibility index (Phi) is 3.13. The average molecular weight is 266 g/mol. The molecule has 3 nitrogen and oxygen atoms in total. The molecule has 0 atom stereocenters. The molecule has 3 aromatic rings. The van der Waals surface area contributed by atoms with E-state index in [1.54, 1.807) is 12.1 Å². The van der Waals surface area contributed by atoms with Crippen molar-refractivity contribution in [2.45, 2.75) is 0 Å². The molecule has 0 spiro atoms. The molecule has 0 saturated heterocycles. The standard InChI is InChI=1S/C16H11FN2O/c17-13-8-4-7-12(9-13)14-10-15(20)19-16(18-14)11-5-2-1-3-6-11/h1-10H,(H,18,19,20). The molecule has 20 heavy (non-hydrogen) atoms. The number of halogens is 1. The maximum Gasteiger partial charge on any atom is 0.251 e. The van der Waals surface area contributed by atoms with Gasteiger partial charge in [-0.1, -0.05) is 42.5 Å². The van der Waals surface area contributed by atoms with Crippen molar-refractivity contribution in [2.24, 2.45) is 0 Å². The predicted molar refractivity (Wildman–Crippen MR) is 75.7 cm³/mol. The van der Waals surface area contributed by atoms with Crippen LogP contribution in [0.4, 0.5) is 4.39 Å². The molecular formula is C16H11FN2O. The maximum atomic E-state index is 13.3. The number of hydrogen-bond acceptors (Lipinski definition) is 2. The highest BCUT2D eigenvalue weighted by Gasteiger charge is 2.06. The first kappa shape index (κ1) is 12.3. The van der Waals surface area contributed by atoms with Crippen LogP contribution in [-0.4, -0.2) is 9.97 Å². The molecule has 0 amide bonds. The molecular weight excluding hydrogens is 255 g/mol. The second-order valence-electron chi connectivity index (χ2n) is 4.36. The van der Waals surface area contributed by atoms with Gasteiger partial charge in [-0.15, -0.1) is 0 Å². The Morgan fingerprint density at radius 2 is 1.65 bits per heavy atom. The number of rotatable bonds is 2. The Morgan fingerprint density at radius 3 is 2.40 bits per heavy atom. The van der Waals surface area contributed by atoms with Crippen molar-refractivity contribution in [1.82, 2.24) is 9.97 Å². The van der Waals surface area contributed by atoms with Crippen molar-refractivity contribution in [3.63, 3.8) is 0 Å². The van der Waals surface area contributed by atoms with Gasteiger partial charge >= 0.3 is 0 Å². The molecule has 98 valence electrons. The van der Waals surface area contributed by atoms with Crippen LogP contribution in [0.2, 0.25) is 0 Å². The second kappa shape index (κ2) is 5.09. The molecule has 1 heterocycles. The third-order valence-corrected chi connectivity index (χ3v) is 2.91. The normalized spacial score (nSPS) is 10.4. The van der Waals surface area contributed by atoms with E-state index in [4.69, 9.17) is 0 Å². The van der Waals surface area contributed by atoms with Crippen molar-refractivity contribution in [3.05, 3.63) is 76.8 Å². The van der Waals surface area contributed by atoms with E-state index in [1.807, 2.05) is 30.3 Å². The number of hydrogen-bond donors (Lipinski definition) is 1. The Hall–Kier alpha value is -2.75. The van der Waals surface area contributed by atoms with Crippen LogP contribution in [0, 0.1) is 5.82 Å². The van der Waals surface area contributed by atoms with Crippen molar-refractivity contribution >= 4 is 0 Å². The number of nitrogens with one attached hydrogen (secondary N) is 1. The summed E-state index contributed by atoms with van der Waals surface area (Å²) < 4.78 is 13.3. The Bertz CT molecular complexity index is 797. The first-order valence-electron chi connectivity index (χ1n) is 6.15. The minimum absolute atomic E-state index is 0.266. The lowest BCUT2D eigenvalue weighted by Crippen LogP contribution is -2.08. The van der Waals surface area contributed by atoms with Gasteiger partial charge in [0.1, 0.15) is 11.6 Å². The van der Waals surface area contributed by atoms with E-state index in [0.717, 1.165) is 5.56 Å². The molecule has 3 rings (SSSR count). The van der Waals surface area contributed by atoms with Crippen LogP contribution in [0.1, 0.15) is 0 Å². The molecule has 0 aliphatic rings. The van der Waals surface area contributed by atoms with Crippen LogP contribution >= 0.6 is 0 Å². The van der Waals surface area contributed by atoms with Crippen molar-refractivity contribution in [3.8, 4) is 22.6 Å². The maximum absolute atomic E-state index is 13.3. The summed E-state index contributed by atoms with van der Waals surface area (Å²) in [6.45, 7) is 0. The fraction of sp³-hybridized carbons (Fsp3) is 0. The summed E-state index contributed by atoms with van der Waals surface area (Å²) in [5, 5.41) is 0. The van der Waals surface area contributed by atoms with E-state index in [0.29, 0.717) is 17.1 Å². The SMILES string of the molecule is O=c1cc(-c2cccc(F)c2)nc(-c2ccccc2)[nH]1. The molecule has 0 aliphatic carbocycles. The van der Waals surface area contributed by atoms with Gasteiger partial charge in [0.15, 0.2) is 0 Å². The molecule has 0 radical (unpaired) electrons. The molecule has 1 aromatic heterocycles. The van der Waals surface area contributed by atoms with Crippen LogP contribution in [0.15, 0.2) is 65.5 Å². The number of benzene rings is 2. The molecule has 4 heteroatoms. The minimum Gasteiger partial charge on any atom is -0.306 e. The Labute approximate surface area is 114 Å². The first-order valence-corrected chi connectivity index (χ1v) is 6.15. The van der Waals surface area contributed by atoms with E-state index in [2.05, 4.69) is 9.97 Å². The fourth-order valence-electron chi connectivity index (χ4n) is 1.99. The summed E-state index contributed by atoms with van der Waals surface area (Å²) in [4.78, 5) is 18.8. The lowest BCUT2D eigenvalue weighted by molar-refractivity contribution is 0.628. The third-order valence-electron chi connectivity index (χ3n) is 2.91. The van der Waals surface area contributed by atoms with Crippen LogP contribution in [-0.2, 0) is 0 Å². The van der Waals surface area contributed by atoms with E-state index in [-0.39, 0.29) is 11.4 Å². The van der Waals surface area contributed by atoms with Crippen LogP contribution in [0.5, 0.6) is 0 Å². The van der Waals surface area contributed by atoms with Crippen molar-refractivity contribution < 1.29 is 4.39 Å². The average Bonchev–Trinajstić information content (AvgIpc) is 2.47. The number of nitrogens with zero attached hydrogens (tertiary/aromatic N) is 1. The monoisotopic (exact) mass is 266 g/mol. The van der Waals surface area contributed by atoms with Gasteiger partial charge in [-0.3, -0.25) is 4.79 Å². The Balaban J connectivity index is 2.15. The topological polar surface area (TPSA) is 45.8 Å². The van der Waals surface area contributed by atoms with Gasteiger partial charge in [0, 0.05) is 17.2 Å². The quantitative estimate of drug-likeness (QED) is 0.774. The largest absolute Gasteiger partial charge is 0.306 e. The molecule has 0 saturated carbocycles. The number of H-pyrrole nitrogens is 1. The first-order chi connectivity index (χ1) is 9.72. The summed E-state index contributed by atoms with van der Waals surface area (Å²) in [6, 6.07) is 16.7. The van der Waals surface area contributed by atoms with Gasteiger partial charge in [0.2, 0.25) is 0 Å². The highest BCUT2D eigenvalue weighted by Crippen LogP contribution is 2.19. The highest BCUT2D eigenvalue weighted by atomic mass is 19.1. The van der Waals surface area contributed by atoms with Gasteiger partial charge in [0.25, 0.3) is 5.56 Å². The number of aromatic amines is 1. The summed E-state index contributed by atoms with van der Waals surface area (Å²) in [5.74, 6) is 0.114. The van der Waals surface area contributed by atoms with E-state index < -0.39 is 0 Å². The molecule has 0 aliphatic heterocycles. The molecule has 2 aromatic carbocycles. The van der Waals surface area contributed by atoms with Gasteiger partial charge in [0.05, 0.1) is 5.69 Å². The highest BCUT2D eigenvalue weighted by molar-refractivity contribution is 5.63. The van der Waals surface area contributed by atoms with Gasteiger partial charge in [-0.25, -0.2) is 9.37 Å². The molecule has 1 N–H and O–H groups in total. The lowest BCUT2D eigenvalue weighted by atomic mass is 10.1. The molecule has 0 bridgehead atoms. The zero-order valence-corrected chi connectivity index (χ0v) is 10.5. The number of aromatic nitrogens is 2. The van der Waals surface area contributed by atoms with Crippen LogP contribution in [0.25, 0.3) is 22.6 Å². The predicted octanol–water partition coefficient (Wildman–Crippen LogP) is 3.24. The molecule has 0 unspecified atom stereocenters. The lowest BCUT2D eigenvalue weighted by Gasteiger charge is -2.04. The van der Waals surface area contributed by atoms with Gasteiger partial charge in [-0.2, -0.15) is 0 Å². The van der Waals surface area contributed by atoms with E-state index >= 15 is 0 Å². The summed E-state index contributed by atoms with van der Waals surface area (Å²) in [5.41, 5.74) is 1.57. The zero-order chi connectivity index (χ0) is 13.9. The minimum atomic E-state index is -0.356. The van der Waals surface area contributed by atoms with E-state index in [1.165, 1.54) is 18.2 Å². The van der Waals surface area contributed by atoms with Crippen LogP contribution < -0.4 is 5.56 Å². The second-order valence-corrected chi connectivity index (χ2v) is 4.36. The summed E-state index contributed by atoms with van der Waals surface area (Å²) >= 11 is 0. The van der Waals surface area contributed by atoms with E-state index in [9.17, 15) is 9.18 Å². The van der Waals surface area contributed by atoms with Gasteiger partial charge in [-0.05, 0) is 12.1 Å². The summed E-state index contributed by atoms with van der Waals surface area (Å²) in [6.07, 6.45) is 0. The van der Waals surface area contributed by atoms with Crippen molar-refractivity contribution in [1.29, 1.82) is 0 Å². The zero-order valence-electron chi connectivity index (χ0n) is 10.5.